The van der Waals surface area contributed by atoms with Gasteiger partial charge in [-0.25, -0.2) is 0 Å². The van der Waals surface area contributed by atoms with Gasteiger partial charge in [0, 0.05) is 12.8 Å². The van der Waals surface area contributed by atoms with Crippen molar-refractivity contribution in [1.29, 1.82) is 0 Å². The average molecular weight is 1100 g/mol. The summed E-state index contributed by atoms with van der Waals surface area (Å²) in [5.41, 5.74) is 0. The van der Waals surface area contributed by atoms with Crippen molar-refractivity contribution >= 4 is 11.9 Å². The predicted octanol–water partition coefficient (Wildman–Crippen LogP) is 22.7. The van der Waals surface area contributed by atoms with Gasteiger partial charge in [0.05, 0.1) is 25.4 Å². The van der Waals surface area contributed by atoms with E-state index in [0.29, 0.717) is 19.4 Å². The second kappa shape index (κ2) is 67.6. The Labute approximate surface area is 487 Å². The van der Waals surface area contributed by atoms with Crippen LogP contribution in [0.2, 0.25) is 0 Å². The Morgan fingerprint density at radius 3 is 0.910 bits per heavy atom. The first kappa shape index (κ1) is 76.1. The molecule has 0 saturated carbocycles. The summed E-state index contributed by atoms with van der Waals surface area (Å²) in [6.45, 7) is 4.93. The van der Waals surface area contributed by atoms with Gasteiger partial charge in [-0.15, -0.1) is 0 Å². The molecular weight excluding hydrogens is 959 g/mol. The van der Waals surface area contributed by atoms with Crippen molar-refractivity contribution in [1.82, 2.24) is 5.32 Å². The molecule has 2 atom stereocenters. The van der Waals surface area contributed by atoms with Crippen molar-refractivity contribution in [2.45, 2.75) is 398 Å². The lowest BCUT2D eigenvalue weighted by atomic mass is 10.0. The number of allylic oxidation sites excluding steroid dienone is 5. The molecule has 0 aromatic carbocycles. The van der Waals surface area contributed by atoms with Gasteiger partial charge in [-0.3, -0.25) is 9.59 Å². The molecule has 0 radical (unpaired) electrons. The van der Waals surface area contributed by atoms with Crippen LogP contribution in [0.25, 0.3) is 0 Å². The molecule has 6 heteroatoms. The Kier molecular flexibility index (Phi) is 65.9. The van der Waals surface area contributed by atoms with Crippen LogP contribution in [-0.2, 0) is 14.3 Å². The Morgan fingerprint density at radius 2 is 0.603 bits per heavy atom. The zero-order chi connectivity index (χ0) is 56.4. The van der Waals surface area contributed by atoms with Crippen LogP contribution in [0.5, 0.6) is 0 Å². The first-order valence-electron chi connectivity index (χ1n) is 35.3. The lowest BCUT2D eigenvalue weighted by molar-refractivity contribution is -0.143. The zero-order valence-corrected chi connectivity index (χ0v) is 52.7. The van der Waals surface area contributed by atoms with Crippen LogP contribution >= 0.6 is 0 Å². The monoisotopic (exact) mass is 1100 g/mol. The minimum absolute atomic E-state index is 0.0131. The standard InChI is InChI=1S/C72H137NO5/c1-3-5-7-9-11-13-15-17-19-21-29-34-38-42-46-50-54-58-62-66-72(77)78-67-63-59-55-51-47-43-39-35-31-28-26-24-22-23-25-27-30-33-37-41-45-49-53-57-61-65-71(76)73-69(68-74)70(75)64-60-56-52-48-44-40-36-32-20-18-16-14-12-10-8-6-4-2/h17,19,23,25,60,64,69-70,74-75H,3-16,18,20-22,24,26-59,61-63,65-68H2,1-2H3,(H,73,76)/b19-17-,25-23-,64-60+. The summed E-state index contributed by atoms with van der Waals surface area (Å²) in [4.78, 5) is 24.6. The van der Waals surface area contributed by atoms with Crippen LogP contribution in [0.1, 0.15) is 386 Å². The summed E-state index contributed by atoms with van der Waals surface area (Å²) >= 11 is 0. The second-order valence-electron chi connectivity index (χ2n) is 24.2. The van der Waals surface area contributed by atoms with E-state index < -0.39 is 12.1 Å². The number of hydrogen-bond acceptors (Lipinski definition) is 5. The Balaban J connectivity index is 3.40. The highest BCUT2D eigenvalue weighted by molar-refractivity contribution is 5.76. The number of hydrogen-bond donors (Lipinski definition) is 3. The normalized spacial score (nSPS) is 12.7. The number of esters is 1. The number of nitrogens with one attached hydrogen (secondary N) is 1. The molecule has 1 amide bonds. The van der Waals surface area contributed by atoms with Gasteiger partial charge in [0.25, 0.3) is 0 Å². The summed E-state index contributed by atoms with van der Waals surface area (Å²) in [7, 11) is 0. The minimum atomic E-state index is -0.847. The van der Waals surface area contributed by atoms with Crippen molar-refractivity contribution in [2.75, 3.05) is 13.2 Å². The number of aliphatic hydroxyl groups excluding tert-OH is 2. The van der Waals surface area contributed by atoms with Crippen LogP contribution in [0.4, 0.5) is 0 Å². The topological polar surface area (TPSA) is 95.9 Å². The van der Waals surface area contributed by atoms with Gasteiger partial charge >= 0.3 is 5.97 Å². The maximum Gasteiger partial charge on any atom is 0.305 e. The van der Waals surface area contributed by atoms with Crippen LogP contribution in [0, 0.1) is 0 Å². The van der Waals surface area contributed by atoms with Crippen LogP contribution in [0.15, 0.2) is 36.5 Å². The van der Waals surface area contributed by atoms with Gasteiger partial charge in [-0.2, -0.15) is 0 Å². The van der Waals surface area contributed by atoms with Gasteiger partial charge in [0.2, 0.25) is 5.91 Å². The van der Waals surface area contributed by atoms with E-state index >= 15 is 0 Å². The van der Waals surface area contributed by atoms with E-state index in [-0.39, 0.29) is 18.5 Å². The number of aliphatic hydroxyl groups is 2. The molecule has 0 heterocycles. The number of rotatable bonds is 66. The third-order valence-corrected chi connectivity index (χ3v) is 16.4. The fraction of sp³-hybridized carbons (Fsp3) is 0.889. The number of unbranched alkanes of at least 4 members (excludes halogenated alkanes) is 51. The van der Waals surface area contributed by atoms with Crippen molar-refractivity contribution in [2.24, 2.45) is 0 Å². The Morgan fingerprint density at radius 1 is 0.346 bits per heavy atom. The molecule has 2 unspecified atom stereocenters. The summed E-state index contributed by atoms with van der Waals surface area (Å²) in [6.07, 6.45) is 86.4. The maximum atomic E-state index is 12.5. The quantitative estimate of drug-likeness (QED) is 0.0320. The summed E-state index contributed by atoms with van der Waals surface area (Å²) in [5.74, 6) is -0.0554. The number of ether oxygens (including phenoxy) is 1. The Hall–Kier alpha value is -1.92. The molecule has 0 aliphatic rings. The zero-order valence-electron chi connectivity index (χ0n) is 52.7. The van der Waals surface area contributed by atoms with Gasteiger partial charge in [0.15, 0.2) is 0 Å². The summed E-state index contributed by atoms with van der Waals surface area (Å²) in [6, 6.07) is -0.631. The molecule has 0 aliphatic heterocycles. The van der Waals surface area contributed by atoms with Crippen LogP contribution in [0.3, 0.4) is 0 Å². The first-order chi connectivity index (χ1) is 38.5. The molecule has 0 aliphatic carbocycles. The van der Waals surface area contributed by atoms with E-state index in [1.807, 2.05) is 6.08 Å². The van der Waals surface area contributed by atoms with E-state index in [0.717, 1.165) is 44.9 Å². The van der Waals surface area contributed by atoms with Crippen molar-refractivity contribution in [3.63, 3.8) is 0 Å². The molecule has 460 valence electrons. The van der Waals surface area contributed by atoms with Gasteiger partial charge < -0.3 is 20.3 Å². The third kappa shape index (κ3) is 63.3. The van der Waals surface area contributed by atoms with E-state index in [4.69, 9.17) is 4.74 Å². The molecule has 78 heavy (non-hydrogen) atoms. The van der Waals surface area contributed by atoms with Crippen molar-refractivity contribution in [3.8, 4) is 0 Å². The number of carbonyl (C=O) groups is 2. The minimum Gasteiger partial charge on any atom is -0.466 e. The molecule has 6 nitrogen and oxygen atoms in total. The number of carbonyl (C=O) groups excluding carboxylic acids is 2. The molecule has 0 aromatic rings. The molecule has 0 rings (SSSR count). The van der Waals surface area contributed by atoms with Crippen molar-refractivity contribution < 1.29 is 24.5 Å². The highest BCUT2D eigenvalue weighted by Gasteiger charge is 2.18. The van der Waals surface area contributed by atoms with Gasteiger partial charge in [-0.05, 0) is 83.5 Å². The molecule has 0 bridgehead atoms. The lowest BCUT2D eigenvalue weighted by Crippen LogP contribution is -2.45. The SMILES string of the molecule is CCCCCCCC/C=C\CCCCCCCCCCCC(=O)OCCCCCCCCCCCCCC/C=C\CCCCCCCCCCCC(=O)NC(CO)C(O)/C=C/CCCCCCCCCCCCCCCCC. The lowest BCUT2D eigenvalue weighted by Gasteiger charge is -2.20. The number of amides is 1. The molecule has 0 saturated heterocycles. The first-order valence-corrected chi connectivity index (χ1v) is 35.3. The highest BCUT2D eigenvalue weighted by atomic mass is 16.5. The molecule has 0 aromatic heterocycles. The average Bonchev–Trinajstić information content (AvgIpc) is 3.44. The molecule has 3 N–H and O–H groups in total. The van der Waals surface area contributed by atoms with Crippen LogP contribution in [-0.4, -0.2) is 47.4 Å². The van der Waals surface area contributed by atoms with E-state index in [1.165, 1.54) is 315 Å². The Bertz CT molecular complexity index is 1260. The van der Waals surface area contributed by atoms with E-state index in [9.17, 15) is 19.8 Å². The molecular formula is C72H137NO5. The largest absolute Gasteiger partial charge is 0.466 e. The third-order valence-electron chi connectivity index (χ3n) is 16.4. The fourth-order valence-electron chi connectivity index (χ4n) is 11.0. The van der Waals surface area contributed by atoms with E-state index in [1.54, 1.807) is 6.08 Å². The molecule has 0 fully saturated rings. The fourth-order valence-corrected chi connectivity index (χ4v) is 11.0. The summed E-state index contributed by atoms with van der Waals surface area (Å²) in [5, 5.41) is 23.2. The van der Waals surface area contributed by atoms with Crippen molar-refractivity contribution in [3.05, 3.63) is 36.5 Å². The maximum absolute atomic E-state index is 12.5. The van der Waals surface area contributed by atoms with Gasteiger partial charge in [0.1, 0.15) is 0 Å². The van der Waals surface area contributed by atoms with Crippen LogP contribution < -0.4 is 5.32 Å². The summed E-state index contributed by atoms with van der Waals surface area (Å²) < 4.78 is 5.51. The molecule has 0 spiro atoms. The smallest absolute Gasteiger partial charge is 0.305 e. The highest BCUT2D eigenvalue weighted by Crippen LogP contribution is 2.18. The second-order valence-corrected chi connectivity index (χ2v) is 24.2. The predicted molar refractivity (Wildman–Crippen MR) is 343 cm³/mol. The van der Waals surface area contributed by atoms with E-state index in [2.05, 4.69) is 43.5 Å². The van der Waals surface area contributed by atoms with Gasteiger partial charge in [-0.1, -0.05) is 326 Å².